The molecule has 3 amide bonds. The lowest BCUT2D eigenvalue weighted by Gasteiger charge is -2.38. The van der Waals surface area contributed by atoms with Crippen LogP contribution in [0.4, 0.5) is 0 Å². The summed E-state index contributed by atoms with van der Waals surface area (Å²) in [6.45, 7) is 10.1. The van der Waals surface area contributed by atoms with Crippen molar-refractivity contribution in [2.24, 2.45) is 17.6 Å². The molecule has 0 radical (unpaired) electrons. The molecule has 37 heavy (non-hydrogen) atoms. The number of hydrogen-bond acceptors (Lipinski definition) is 8. The summed E-state index contributed by atoms with van der Waals surface area (Å²) < 4.78 is 5.57. The number of carbonyl (C=O) groups excluding carboxylic acids is 4. The number of likely N-dealkylation sites (N-methyl/N-ethyl adjacent to an activating group) is 2. The zero-order valence-corrected chi connectivity index (χ0v) is 24.0. The molecule has 0 saturated carbocycles. The van der Waals surface area contributed by atoms with Crippen LogP contribution in [-0.4, -0.2) is 77.2 Å². The van der Waals surface area contributed by atoms with Crippen LogP contribution in [-0.2, 0) is 19.1 Å². The highest BCUT2D eigenvalue weighted by molar-refractivity contribution is 7.09. The minimum atomic E-state index is -0.745. The molecule has 1 aliphatic heterocycles. The number of nitrogens with zero attached hydrogens (tertiary/aromatic N) is 3. The monoisotopic (exact) mass is 537 g/mol. The van der Waals surface area contributed by atoms with Gasteiger partial charge in [-0.1, -0.05) is 40.5 Å². The van der Waals surface area contributed by atoms with Crippen molar-refractivity contribution in [3.63, 3.8) is 0 Å². The summed E-state index contributed by atoms with van der Waals surface area (Å²) in [6, 6.07) is -1.23. The first-order valence-electron chi connectivity index (χ1n) is 13.1. The van der Waals surface area contributed by atoms with Crippen LogP contribution < -0.4 is 11.1 Å². The Bertz CT molecular complexity index is 952. The van der Waals surface area contributed by atoms with Gasteiger partial charge >= 0.3 is 5.97 Å². The van der Waals surface area contributed by atoms with E-state index in [0.29, 0.717) is 5.01 Å². The first kappa shape index (κ1) is 30.7. The minimum absolute atomic E-state index is 0.0142. The van der Waals surface area contributed by atoms with Crippen LogP contribution in [0.25, 0.3) is 0 Å². The Morgan fingerprint density at radius 3 is 2.46 bits per heavy atom. The molecule has 0 aliphatic carbocycles. The van der Waals surface area contributed by atoms with Crippen LogP contribution in [0.15, 0.2) is 5.38 Å². The molecule has 1 aliphatic rings. The highest BCUT2D eigenvalue weighted by atomic mass is 32.1. The van der Waals surface area contributed by atoms with E-state index in [4.69, 9.17) is 10.5 Å². The van der Waals surface area contributed by atoms with Gasteiger partial charge in [-0.15, -0.1) is 11.3 Å². The Labute approximate surface area is 224 Å². The summed E-state index contributed by atoms with van der Waals surface area (Å²) in [5.74, 6) is -1.50. The number of likely N-dealkylation sites (tertiary alicyclic amines) is 1. The molecule has 208 valence electrons. The Morgan fingerprint density at radius 2 is 1.95 bits per heavy atom. The number of nitrogens with two attached hydrogens (primary N) is 1. The Hall–Kier alpha value is -2.53. The lowest BCUT2D eigenvalue weighted by molar-refractivity contribution is -0.149. The van der Waals surface area contributed by atoms with Crippen LogP contribution in [0.3, 0.4) is 0 Å². The number of carbonyl (C=O) groups is 4. The van der Waals surface area contributed by atoms with Gasteiger partial charge in [0.25, 0.3) is 5.91 Å². The van der Waals surface area contributed by atoms with Crippen molar-refractivity contribution in [2.45, 2.75) is 91.0 Å². The second kappa shape index (κ2) is 13.9. The van der Waals surface area contributed by atoms with Gasteiger partial charge in [-0.25, -0.2) is 4.98 Å². The van der Waals surface area contributed by atoms with Crippen LogP contribution in [0, 0.1) is 11.8 Å². The van der Waals surface area contributed by atoms with Gasteiger partial charge in [0.2, 0.25) is 11.8 Å². The van der Waals surface area contributed by atoms with Crippen LogP contribution in [0.5, 0.6) is 0 Å². The molecule has 1 aromatic rings. The molecular weight excluding hydrogens is 494 g/mol. The van der Waals surface area contributed by atoms with Crippen molar-refractivity contribution in [1.82, 2.24) is 20.1 Å². The van der Waals surface area contributed by atoms with Gasteiger partial charge in [0.15, 0.2) is 6.10 Å². The molecule has 3 N–H and O–H groups in total. The SMILES string of the molecule is CC[C@H](C)[C@H](NC(=O)[C@H]1CCCCN1C)C(=O)N(C)[C@H](C[C@@H](OC(C)=O)c1nc(C(N)=O)cs1)C(C)C. The fraction of sp³-hybridized carbons (Fsp3) is 0.731. The number of primary amides is 1. The normalized spacial score (nSPS) is 19.5. The summed E-state index contributed by atoms with van der Waals surface area (Å²) in [5, 5.41) is 5.04. The quantitative estimate of drug-likeness (QED) is 0.391. The highest BCUT2D eigenvalue weighted by Gasteiger charge is 2.37. The number of thiazole rings is 1. The molecule has 0 bridgehead atoms. The van der Waals surface area contributed by atoms with Gasteiger partial charge in [-0.3, -0.25) is 24.1 Å². The maximum Gasteiger partial charge on any atom is 0.303 e. The van der Waals surface area contributed by atoms with Crippen LogP contribution >= 0.6 is 11.3 Å². The average molecular weight is 538 g/mol. The maximum atomic E-state index is 13.8. The molecular formula is C26H43N5O5S. The number of rotatable bonds is 12. The molecule has 2 heterocycles. The predicted molar refractivity (Wildman–Crippen MR) is 143 cm³/mol. The van der Waals surface area contributed by atoms with Crippen molar-refractivity contribution >= 4 is 35.0 Å². The first-order valence-corrected chi connectivity index (χ1v) is 13.9. The Balaban J connectivity index is 2.27. The van der Waals surface area contributed by atoms with E-state index in [0.717, 1.165) is 32.2 Å². The van der Waals surface area contributed by atoms with Crippen molar-refractivity contribution in [2.75, 3.05) is 20.6 Å². The third kappa shape index (κ3) is 8.23. The average Bonchev–Trinajstić information content (AvgIpc) is 3.34. The predicted octanol–water partition coefficient (Wildman–Crippen LogP) is 2.73. The molecule has 1 aromatic heterocycles. The highest BCUT2D eigenvalue weighted by Crippen LogP contribution is 2.31. The molecule has 0 spiro atoms. The van der Waals surface area contributed by atoms with Gasteiger partial charge in [-0.2, -0.15) is 0 Å². The molecule has 1 saturated heterocycles. The summed E-state index contributed by atoms with van der Waals surface area (Å²) in [4.78, 5) is 58.4. The first-order chi connectivity index (χ1) is 17.4. The number of hydrogen-bond donors (Lipinski definition) is 2. The van der Waals surface area contributed by atoms with Crippen LogP contribution in [0.1, 0.15) is 88.3 Å². The second-order valence-electron chi connectivity index (χ2n) is 10.4. The van der Waals surface area contributed by atoms with E-state index < -0.39 is 24.0 Å². The van der Waals surface area contributed by atoms with E-state index in [9.17, 15) is 19.2 Å². The van der Waals surface area contributed by atoms with Gasteiger partial charge in [-0.05, 0) is 38.3 Å². The largest absolute Gasteiger partial charge is 0.455 e. The molecule has 1 fully saturated rings. The molecule has 5 atom stereocenters. The van der Waals surface area contributed by atoms with Gasteiger partial charge in [0.1, 0.15) is 16.7 Å². The second-order valence-corrected chi connectivity index (χ2v) is 11.3. The van der Waals surface area contributed by atoms with Crippen molar-refractivity contribution in [3.05, 3.63) is 16.1 Å². The third-order valence-corrected chi connectivity index (χ3v) is 8.21. The van der Waals surface area contributed by atoms with E-state index in [-0.39, 0.29) is 47.8 Å². The Morgan fingerprint density at radius 1 is 1.27 bits per heavy atom. The van der Waals surface area contributed by atoms with Gasteiger partial charge in [0.05, 0.1) is 6.04 Å². The number of esters is 1. The van der Waals surface area contributed by atoms with Crippen LogP contribution in [0.2, 0.25) is 0 Å². The van der Waals surface area contributed by atoms with E-state index in [1.807, 2.05) is 34.7 Å². The number of amides is 3. The third-order valence-electron chi connectivity index (χ3n) is 7.28. The molecule has 2 rings (SSSR count). The minimum Gasteiger partial charge on any atom is -0.455 e. The summed E-state index contributed by atoms with van der Waals surface area (Å²) in [5.41, 5.74) is 5.46. The smallest absolute Gasteiger partial charge is 0.303 e. The maximum absolute atomic E-state index is 13.8. The van der Waals surface area contributed by atoms with E-state index in [1.165, 1.54) is 23.6 Å². The van der Waals surface area contributed by atoms with Gasteiger partial charge < -0.3 is 20.7 Å². The molecule has 10 nitrogen and oxygen atoms in total. The number of piperidine rings is 1. The fourth-order valence-corrected chi connectivity index (χ4v) is 5.62. The molecule has 0 unspecified atom stereocenters. The van der Waals surface area contributed by atoms with E-state index in [2.05, 4.69) is 15.2 Å². The van der Waals surface area contributed by atoms with Crippen molar-refractivity contribution in [3.8, 4) is 0 Å². The number of ether oxygens (including phenoxy) is 1. The Kier molecular flexibility index (Phi) is 11.5. The lowest BCUT2D eigenvalue weighted by Crippen LogP contribution is -2.58. The van der Waals surface area contributed by atoms with E-state index >= 15 is 0 Å². The number of aromatic nitrogens is 1. The van der Waals surface area contributed by atoms with E-state index in [1.54, 1.807) is 11.9 Å². The summed E-state index contributed by atoms with van der Waals surface area (Å²) >= 11 is 1.19. The zero-order valence-electron chi connectivity index (χ0n) is 23.2. The molecule has 11 heteroatoms. The van der Waals surface area contributed by atoms with Crippen molar-refractivity contribution < 1.29 is 23.9 Å². The lowest BCUT2D eigenvalue weighted by atomic mass is 9.92. The standard InChI is InChI=1S/C26H43N5O5S/c1-8-16(4)22(29-24(34)19-11-9-10-12-30(19)6)26(35)31(7)20(15(2)3)13-21(36-17(5)32)25-28-18(14-37-25)23(27)33/h14-16,19-22H,8-13H2,1-7H3,(H2,27,33)(H,29,34)/t16-,19+,20+,21+,22-/m0/s1. The summed E-state index contributed by atoms with van der Waals surface area (Å²) in [6.07, 6.45) is 3.10. The summed E-state index contributed by atoms with van der Waals surface area (Å²) in [7, 11) is 3.67. The van der Waals surface area contributed by atoms with Crippen molar-refractivity contribution in [1.29, 1.82) is 0 Å². The zero-order chi connectivity index (χ0) is 27.9. The fourth-order valence-electron chi connectivity index (χ4n) is 4.77. The molecule has 0 aromatic carbocycles. The topological polar surface area (TPSA) is 135 Å². The number of nitrogens with one attached hydrogen (secondary N) is 1. The van der Waals surface area contributed by atoms with Gasteiger partial charge in [0, 0.05) is 31.8 Å².